The maximum atomic E-state index is 13.1. The normalized spacial score (nSPS) is 27.5. The number of nitrogens with zero attached hydrogens (tertiary/aromatic N) is 2. The molecule has 1 spiro atoms. The molecule has 0 aromatic heterocycles. The zero-order valence-electron chi connectivity index (χ0n) is 13.9. The van der Waals surface area contributed by atoms with Crippen LogP contribution in [0.5, 0.6) is 0 Å². The van der Waals surface area contributed by atoms with Crippen molar-refractivity contribution in [3.8, 4) is 0 Å². The van der Waals surface area contributed by atoms with Crippen LogP contribution < -0.4 is 5.32 Å². The smallest absolute Gasteiger partial charge is 0.241 e. The van der Waals surface area contributed by atoms with E-state index in [0.29, 0.717) is 13.1 Å². The van der Waals surface area contributed by atoms with Crippen molar-refractivity contribution in [3.05, 3.63) is 35.9 Å². The van der Waals surface area contributed by atoms with Crippen LogP contribution in [-0.4, -0.2) is 61.9 Å². The fourth-order valence-corrected chi connectivity index (χ4v) is 3.90. The van der Waals surface area contributed by atoms with Gasteiger partial charge in [0.2, 0.25) is 11.8 Å². The van der Waals surface area contributed by atoms with Gasteiger partial charge < -0.3 is 15.1 Å². The third-order valence-corrected chi connectivity index (χ3v) is 5.23. The maximum absolute atomic E-state index is 13.1. The minimum atomic E-state index is -0.397. The van der Waals surface area contributed by atoms with Gasteiger partial charge in [0.05, 0.1) is 12.0 Å². The van der Waals surface area contributed by atoms with E-state index in [2.05, 4.69) is 17.4 Å². The topological polar surface area (TPSA) is 52.7 Å². The van der Waals surface area contributed by atoms with Crippen LogP contribution in [-0.2, 0) is 9.59 Å². The Balaban J connectivity index is 1.90. The van der Waals surface area contributed by atoms with Gasteiger partial charge in [0, 0.05) is 33.1 Å². The summed E-state index contributed by atoms with van der Waals surface area (Å²) >= 11 is 0. The summed E-state index contributed by atoms with van der Waals surface area (Å²) in [6, 6.07) is 10.3. The first-order chi connectivity index (χ1) is 11.0. The summed E-state index contributed by atoms with van der Waals surface area (Å²) in [4.78, 5) is 28.5. The molecule has 2 amide bonds. The van der Waals surface area contributed by atoms with Crippen LogP contribution in [0.25, 0.3) is 0 Å². The molecule has 1 aromatic carbocycles. The highest BCUT2D eigenvalue weighted by molar-refractivity contribution is 5.91. The molecule has 23 heavy (non-hydrogen) atoms. The van der Waals surface area contributed by atoms with Crippen molar-refractivity contribution in [1.29, 1.82) is 0 Å². The van der Waals surface area contributed by atoms with Crippen molar-refractivity contribution >= 4 is 11.8 Å². The largest absolute Gasteiger partial charge is 0.347 e. The second kappa shape index (κ2) is 6.32. The number of likely N-dealkylation sites (N-methyl/N-ethyl adjacent to an activating group) is 1. The summed E-state index contributed by atoms with van der Waals surface area (Å²) in [5.74, 6) is 0.263. The molecule has 0 saturated carbocycles. The van der Waals surface area contributed by atoms with Crippen molar-refractivity contribution < 1.29 is 9.59 Å². The molecule has 0 aliphatic carbocycles. The summed E-state index contributed by atoms with van der Waals surface area (Å²) < 4.78 is 0. The van der Waals surface area contributed by atoms with E-state index in [1.807, 2.05) is 18.2 Å². The van der Waals surface area contributed by atoms with Gasteiger partial charge in [-0.15, -0.1) is 0 Å². The molecule has 0 bridgehead atoms. The molecule has 5 heteroatoms. The van der Waals surface area contributed by atoms with Crippen LogP contribution in [0.1, 0.15) is 24.3 Å². The minimum absolute atomic E-state index is 0.0222. The molecule has 0 radical (unpaired) electrons. The van der Waals surface area contributed by atoms with Crippen LogP contribution in [0, 0.1) is 5.41 Å². The summed E-state index contributed by atoms with van der Waals surface area (Å²) in [5.41, 5.74) is 0.802. The predicted molar refractivity (Wildman–Crippen MR) is 89.0 cm³/mol. The minimum Gasteiger partial charge on any atom is -0.347 e. The van der Waals surface area contributed by atoms with Crippen LogP contribution in [0.2, 0.25) is 0 Å². The van der Waals surface area contributed by atoms with Crippen molar-refractivity contribution in [2.45, 2.75) is 18.8 Å². The fraction of sp³-hybridized carbons (Fsp3) is 0.556. The molecule has 2 aliphatic heterocycles. The van der Waals surface area contributed by atoms with Gasteiger partial charge in [-0.3, -0.25) is 9.59 Å². The summed E-state index contributed by atoms with van der Waals surface area (Å²) in [6.07, 6.45) is 1.90. The second-order valence-corrected chi connectivity index (χ2v) is 6.87. The number of likely N-dealkylation sites (tertiary alicyclic amines) is 1. The van der Waals surface area contributed by atoms with Crippen molar-refractivity contribution in [3.63, 3.8) is 0 Å². The maximum Gasteiger partial charge on any atom is 0.241 e. The Labute approximate surface area is 137 Å². The highest BCUT2D eigenvalue weighted by Gasteiger charge is 2.54. The number of carbonyl (C=O) groups is 2. The first kappa shape index (κ1) is 16.0. The molecule has 1 aromatic rings. The van der Waals surface area contributed by atoms with Gasteiger partial charge >= 0.3 is 0 Å². The van der Waals surface area contributed by atoms with Gasteiger partial charge in [0.1, 0.15) is 0 Å². The van der Waals surface area contributed by atoms with E-state index >= 15 is 0 Å². The van der Waals surface area contributed by atoms with E-state index in [1.165, 1.54) is 5.56 Å². The summed E-state index contributed by atoms with van der Waals surface area (Å²) in [5, 5.41) is 3.40. The number of benzene rings is 1. The zero-order valence-corrected chi connectivity index (χ0v) is 13.9. The van der Waals surface area contributed by atoms with E-state index in [1.54, 1.807) is 23.9 Å². The molecular weight excluding hydrogens is 290 g/mol. The Morgan fingerprint density at radius 1 is 1.35 bits per heavy atom. The number of piperidine rings is 1. The third-order valence-electron chi connectivity index (χ3n) is 5.23. The molecule has 3 rings (SSSR count). The lowest BCUT2D eigenvalue weighted by Gasteiger charge is -2.36. The van der Waals surface area contributed by atoms with Gasteiger partial charge in [0.15, 0.2) is 0 Å². The predicted octanol–water partition coefficient (Wildman–Crippen LogP) is 1.07. The molecule has 2 saturated heterocycles. The average molecular weight is 315 g/mol. The van der Waals surface area contributed by atoms with E-state index < -0.39 is 5.41 Å². The summed E-state index contributed by atoms with van der Waals surface area (Å²) in [7, 11) is 3.46. The Hall–Kier alpha value is -1.88. The second-order valence-electron chi connectivity index (χ2n) is 6.87. The number of amides is 2. The Bertz CT molecular complexity index is 579. The Morgan fingerprint density at radius 3 is 2.70 bits per heavy atom. The first-order valence-corrected chi connectivity index (χ1v) is 8.30. The fourth-order valence-electron chi connectivity index (χ4n) is 3.90. The molecular formula is C18H25N3O2. The molecule has 0 unspecified atom stereocenters. The van der Waals surface area contributed by atoms with Crippen LogP contribution in [0.3, 0.4) is 0 Å². The number of nitrogens with one attached hydrogen (secondary N) is 1. The van der Waals surface area contributed by atoms with E-state index in [0.717, 1.165) is 19.4 Å². The van der Waals surface area contributed by atoms with Crippen LogP contribution in [0.4, 0.5) is 0 Å². The molecule has 2 heterocycles. The highest BCUT2D eigenvalue weighted by atomic mass is 16.2. The molecule has 2 atom stereocenters. The molecule has 2 fully saturated rings. The Kier molecular flexibility index (Phi) is 4.39. The Morgan fingerprint density at radius 2 is 2.09 bits per heavy atom. The first-order valence-electron chi connectivity index (χ1n) is 8.30. The van der Waals surface area contributed by atoms with Gasteiger partial charge in [-0.2, -0.15) is 0 Å². The number of hydrogen-bond acceptors (Lipinski definition) is 3. The van der Waals surface area contributed by atoms with Crippen molar-refractivity contribution in [2.75, 3.05) is 40.3 Å². The third kappa shape index (κ3) is 2.85. The molecule has 5 nitrogen and oxygen atoms in total. The van der Waals surface area contributed by atoms with Crippen molar-refractivity contribution in [2.24, 2.45) is 5.41 Å². The molecule has 2 aliphatic rings. The quantitative estimate of drug-likeness (QED) is 0.908. The lowest BCUT2D eigenvalue weighted by atomic mass is 9.69. The van der Waals surface area contributed by atoms with Crippen molar-refractivity contribution in [1.82, 2.24) is 15.1 Å². The van der Waals surface area contributed by atoms with Gasteiger partial charge in [-0.05, 0) is 24.9 Å². The van der Waals surface area contributed by atoms with Crippen LogP contribution in [0.15, 0.2) is 30.3 Å². The number of hydrogen-bond donors (Lipinski definition) is 1. The standard InChI is InChI=1S/C18H25N3O2/c1-20(2)16(22)12-21-11-15(14-7-4-3-5-8-14)18(17(21)23)9-6-10-19-13-18/h3-5,7-8,15,19H,6,9-13H2,1-2H3/t15-,18-/m1/s1. The molecule has 124 valence electrons. The van der Waals surface area contributed by atoms with Gasteiger partial charge in [-0.25, -0.2) is 0 Å². The number of rotatable bonds is 3. The molecule has 1 N–H and O–H groups in total. The van der Waals surface area contributed by atoms with E-state index in [9.17, 15) is 9.59 Å². The highest BCUT2D eigenvalue weighted by Crippen LogP contribution is 2.47. The lowest BCUT2D eigenvalue weighted by Crippen LogP contribution is -2.48. The van der Waals surface area contributed by atoms with E-state index in [-0.39, 0.29) is 24.3 Å². The average Bonchev–Trinajstić information content (AvgIpc) is 2.82. The summed E-state index contributed by atoms with van der Waals surface area (Å²) in [6.45, 7) is 2.48. The zero-order chi connectivity index (χ0) is 16.4. The monoisotopic (exact) mass is 315 g/mol. The van der Waals surface area contributed by atoms with Gasteiger partial charge in [-0.1, -0.05) is 30.3 Å². The van der Waals surface area contributed by atoms with Gasteiger partial charge in [0.25, 0.3) is 0 Å². The van der Waals surface area contributed by atoms with Crippen LogP contribution >= 0.6 is 0 Å². The SMILES string of the molecule is CN(C)C(=O)CN1C[C@H](c2ccccc2)[C@]2(CCCNC2)C1=O. The lowest BCUT2D eigenvalue weighted by molar-refractivity contribution is -0.142. The number of carbonyl (C=O) groups excluding carboxylic acids is 2. The van der Waals surface area contributed by atoms with E-state index in [4.69, 9.17) is 0 Å².